The van der Waals surface area contributed by atoms with Crippen molar-refractivity contribution in [3.8, 4) is 0 Å². The van der Waals surface area contributed by atoms with Crippen molar-refractivity contribution < 1.29 is 4.79 Å². The zero-order chi connectivity index (χ0) is 15.2. The maximum Gasteiger partial charge on any atom is 0.230 e. The van der Waals surface area contributed by atoms with Crippen LogP contribution in [0.4, 0.5) is 0 Å². The zero-order valence-electron chi connectivity index (χ0n) is 12.9. The molecule has 4 nitrogen and oxygen atoms in total. The predicted molar refractivity (Wildman–Crippen MR) is 88.6 cm³/mol. The van der Waals surface area contributed by atoms with Gasteiger partial charge in [-0.1, -0.05) is 19.9 Å². The molecule has 0 aliphatic carbocycles. The van der Waals surface area contributed by atoms with E-state index in [9.17, 15) is 4.79 Å². The monoisotopic (exact) mass is 305 g/mol. The van der Waals surface area contributed by atoms with Crippen molar-refractivity contribution in [2.75, 3.05) is 12.3 Å². The molecule has 5 heteroatoms. The summed E-state index contributed by atoms with van der Waals surface area (Å²) in [5, 5.41) is 2.95. The van der Waals surface area contributed by atoms with Crippen molar-refractivity contribution in [1.29, 1.82) is 0 Å². The van der Waals surface area contributed by atoms with Crippen molar-refractivity contribution in [3.63, 3.8) is 0 Å². The van der Waals surface area contributed by atoms with Crippen LogP contribution in [0.15, 0.2) is 24.5 Å². The second kappa shape index (κ2) is 7.50. The molecular formula is C16H23N3OS. The molecule has 0 bridgehead atoms. The molecule has 0 unspecified atom stereocenters. The number of nitrogens with zero attached hydrogens (tertiary/aromatic N) is 2. The maximum absolute atomic E-state index is 11.7. The van der Waals surface area contributed by atoms with Gasteiger partial charge in [-0.05, 0) is 30.9 Å². The lowest BCUT2D eigenvalue weighted by Gasteiger charge is -2.06. The lowest BCUT2D eigenvalue weighted by Crippen LogP contribution is -2.26. The summed E-state index contributed by atoms with van der Waals surface area (Å²) < 4.78 is 2.04. The van der Waals surface area contributed by atoms with Crippen LogP contribution in [0.5, 0.6) is 0 Å². The van der Waals surface area contributed by atoms with E-state index in [0.717, 1.165) is 30.1 Å². The lowest BCUT2D eigenvalue weighted by atomic mass is 10.1. The highest BCUT2D eigenvalue weighted by Gasteiger charge is 2.05. The van der Waals surface area contributed by atoms with Crippen LogP contribution in [-0.4, -0.2) is 27.6 Å². The Bertz CT molecular complexity index is 607. The minimum absolute atomic E-state index is 0.111. The number of pyridine rings is 1. The Morgan fingerprint density at radius 2 is 2.19 bits per heavy atom. The molecule has 1 N–H and O–H groups in total. The summed E-state index contributed by atoms with van der Waals surface area (Å²) in [7, 11) is 0. The van der Waals surface area contributed by atoms with Gasteiger partial charge < -0.3 is 9.72 Å². The number of aromatic nitrogens is 2. The second-order valence-corrected chi connectivity index (χ2v) is 6.72. The van der Waals surface area contributed by atoms with Gasteiger partial charge in [0, 0.05) is 24.7 Å². The van der Waals surface area contributed by atoms with Gasteiger partial charge in [-0.3, -0.25) is 4.79 Å². The number of hydrogen-bond donors (Lipinski definition) is 1. The summed E-state index contributed by atoms with van der Waals surface area (Å²) in [6.07, 6.45) is 5.13. The van der Waals surface area contributed by atoms with E-state index in [4.69, 9.17) is 0 Å². The molecule has 1 amide bonds. The fraction of sp³-hybridized carbons (Fsp3) is 0.500. The molecule has 2 aromatic heterocycles. The largest absolute Gasteiger partial charge is 0.355 e. The molecule has 114 valence electrons. The van der Waals surface area contributed by atoms with Crippen LogP contribution in [0.1, 0.15) is 31.5 Å². The van der Waals surface area contributed by atoms with Gasteiger partial charge in [0.15, 0.2) is 0 Å². The second-order valence-electron chi connectivity index (χ2n) is 5.73. The number of fused-ring (bicyclic) bond motifs is 1. The van der Waals surface area contributed by atoms with Crippen molar-refractivity contribution >= 4 is 23.3 Å². The highest BCUT2D eigenvalue weighted by atomic mass is 32.2. The van der Waals surface area contributed by atoms with Gasteiger partial charge in [-0.25, -0.2) is 4.98 Å². The Morgan fingerprint density at radius 3 is 2.95 bits per heavy atom. The molecule has 0 aromatic carbocycles. The van der Waals surface area contributed by atoms with E-state index in [0.29, 0.717) is 11.7 Å². The average Bonchev–Trinajstić information content (AvgIpc) is 2.80. The zero-order valence-corrected chi connectivity index (χ0v) is 13.7. The van der Waals surface area contributed by atoms with Crippen molar-refractivity contribution in [3.05, 3.63) is 35.8 Å². The van der Waals surface area contributed by atoms with E-state index in [2.05, 4.69) is 43.3 Å². The molecule has 0 spiro atoms. The third-order valence-electron chi connectivity index (χ3n) is 3.18. The minimum Gasteiger partial charge on any atom is -0.355 e. The number of imidazole rings is 1. The molecule has 0 aliphatic heterocycles. The SMILES string of the molecule is Cc1ccc2nc(CSCC(=O)NCCC(C)C)cn2c1. The van der Waals surface area contributed by atoms with Gasteiger partial charge in [0.1, 0.15) is 5.65 Å². The number of nitrogens with one attached hydrogen (secondary N) is 1. The smallest absolute Gasteiger partial charge is 0.230 e. The summed E-state index contributed by atoms with van der Waals surface area (Å²) in [6, 6.07) is 4.07. The fourth-order valence-corrected chi connectivity index (χ4v) is 2.76. The van der Waals surface area contributed by atoms with E-state index in [1.807, 2.05) is 16.7 Å². The van der Waals surface area contributed by atoms with Crippen LogP contribution in [0.25, 0.3) is 5.65 Å². The van der Waals surface area contributed by atoms with E-state index < -0.39 is 0 Å². The van der Waals surface area contributed by atoms with Crippen molar-refractivity contribution in [1.82, 2.24) is 14.7 Å². The van der Waals surface area contributed by atoms with E-state index >= 15 is 0 Å². The first kappa shape index (κ1) is 15.9. The number of amides is 1. The molecule has 2 heterocycles. The molecule has 0 aliphatic rings. The Labute approximate surface area is 130 Å². The number of rotatable bonds is 7. The summed E-state index contributed by atoms with van der Waals surface area (Å²) in [4.78, 5) is 16.2. The number of carbonyl (C=O) groups excluding carboxylic acids is 1. The van der Waals surface area contributed by atoms with Gasteiger partial charge >= 0.3 is 0 Å². The molecule has 0 saturated carbocycles. The number of hydrogen-bond acceptors (Lipinski definition) is 3. The molecule has 21 heavy (non-hydrogen) atoms. The highest BCUT2D eigenvalue weighted by molar-refractivity contribution is 7.99. The van der Waals surface area contributed by atoms with Crippen molar-refractivity contribution in [2.45, 2.75) is 32.9 Å². The third kappa shape index (κ3) is 5.08. The first-order valence-corrected chi connectivity index (χ1v) is 8.49. The van der Waals surface area contributed by atoms with Gasteiger partial charge in [-0.15, -0.1) is 11.8 Å². The van der Waals surface area contributed by atoms with E-state index in [-0.39, 0.29) is 5.91 Å². The Balaban J connectivity index is 1.75. The van der Waals surface area contributed by atoms with Gasteiger partial charge in [0.25, 0.3) is 0 Å². The number of carbonyl (C=O) groups is 1. The van der Waals surface area contributed by atoms with Gasteiger partial charge in [0.05, 0.1) is 11.4 Å². The van der Waals surface area contributed by atoms with E-state index in [1.54, 1.807) is 11.8 Å². The van der Waals surface area contributed by atoms with Crippen molar-refractivity contribution in [2.24, 2.45) is 5.92 Å². The lowest BCUT2D eigenvalue weighted by molar-refractivity contribution is -0.118. The summed E-state index contributed by atoms with van der Waals surface area (Å²) in [6.45, 7) is 7.15. The van der Waals surface area contributed by atoms with E-state index in [1.165, 1.54) is 5.56 Å². The molecule has 2 aromatic rings. The molecule has 0 radical (unpaired) electrons. The van der Waals surface area contributed by atoms with Gasteiger partial charge in [-0.2, -0.15) is 0 Å². The molecule has 0 fully saturated rings. The molecule has 0 saturated heterocycles. The van der Waals surface area contributed by atoms with Crippen LogP contribution in [0.3, 0.4) is 0 Å². The van der Waals surface area contributed by atoms with Crippen LogP contribution in [-0.2, 0) is 10.5 Å². The fourth-order valence-electron chi connectivity index (χ4n) is 2.02. The van der Waals surface area contributed by atoms with Crippen LogP contribution in [0.2, 0.25) is 0 Å². The van der Waals surface area contributed by atoms with Crippen LogP contribution in [0, 0.1) is 12.8 Å². The maximum atomic E-state index is 11.7. The Hall–Kier alpha value is -1.49. The summed E-state index contributed by atoms with van der Waals surface area (Å²) in [5.74, 6) is 1.99. The topological polar surface area (TPSA) is 46.4 Å². The minimum atomic E-state index is 0.111. The van der Waals surface area contributed by atoms with Gasteiger partial charge in [0.2, 0.25) is 5.91 Å². The van der Waals surface area contributed by atoms with Crippen LogP contribution >= 0.6 is 11.8 Å². The average molecular weight is 305 g/mol. The quantitative estimate of drug-likeness (QED) is 0.855. The Kier molecular flexibility index (Phi) is 5.67. The first-order valence-electron chi connectivity index (χ1n) is 7.33. The summed E-state index contributed by atoms with van der Waals surface area (Å²) >= 11 is 1.60. The number of aryl methyl sites for hydroxylation is 1. The Morgan fingerprint density at radius 1 is 1.38 bits per heavy atom. The molecule has 0 atom stereocenters. The third-order valence-corrected chi connectivity index (χ3v) is 4.14. The van der Waals surface area contributed by atoms with Crippen LogP contribution < -0.4 is 5.32 Å². The predicted octanol–water partition coefficient (Wildman–Crippen LogP) is 3.04. The highest BCUT2D eigenvalue weighted by Crippen LogP contribution is 2.13. The first-order chi connectivity index (χ1) is 10.0. The molecular weight excluding hydrogens is 282 g/mol. The summed E-state index contributed by atoms with van der Waals surface area (Å²) in [5.41, 5.74) is 3.18. The number of thioether (sulfide) groups is 1. The normalized spacial score (nSPS) is 11.2. The molecule has 2 rings (SSSR count). The standard InChI is InChI=1S/C16H23N3OS/c1-12(2)6-7-17-16(20)11-21-10-14-9-19-8-13(3)4-5-15(19)18-14/h4-5,8-9,12H,6-7,10-11H2,1-3H3,(H,17,20).